The van der Waals surface area contributed by atoms with Gasteiger partial charge in [-0.25, -0.2) is 4.98 Å². The van der Waals surface area contributed by atoms with Crippen LogP contribution in [0.1, 0.15) is 32.2 Å². The molecule has 16 heavy (non-hydrogen) atoms. The molecule has 2 aromatic rings. The van der Waals surface area contributed by atoms with Crippen molar-refractivity contribution in [2.45, 2.75) is 26.3 Å². The molecule has 0 fully saturated rings. The summed E-state index contributed by atoms with van der Waals surface area (Å²) in [6.07, 6.45) is 2.19. The van der Waals surface area contributed by atoms with Crippen LogP contribution < -0.4 is 5.73 Å². The fraction of sp³-hybridized carbons (Fsp3) is 0.556. The highest BCUT2D eigenvalue weighted by molar-refractivity contribution is 5.39. The highest BCUT2D eigenvalue weighted by Gasteiger charge is 2.17. The Morgan fingerprint density at radius 2 is 2.31 bits per heavy atom. The molecule has 7 nitrogen and oxygen atoms in total. The molecule has 0 unspecified atom stereocenters. The molecule has 0 aliphatic rings. The molecule has 2 heterocycles. The highest BCUT2D eigenvalue weighted by atomic mass is 16.5. The number of hydrogen-bond donors (Lipinski definition) is 2. The molecule has 0 saturated heterocycles. The van der Waals surface area contributed by atoms with Crippen LogP contribution in [0.5, 0.6) is 0 Å². The number of nitrogens with zero attached hydrogens (tertiary/aromatic N) is 4. The monoisotopic (exact) mass is 222 g/mol. The summed E-state index contributed by atoms with van der Waals surface area (Å²) in [5, 5.41) is 10.2. The Kier molecular flexibility index (Phi) is 2.95. The van der Waals surface area contributed by atoms with E-state index in [9.17, 15) is 0 Å². The van der Waals surface area contributed by atoms with Crippen LogP contribution in [0.15, 0.2) is 10.9 Å². The Bertz CT molecular complexity index is 435. The van der Waals surface area contributed by atoms with Crippen molar-refractivity contribution in [1.82, 2.24) is 25.3 Å². The SMILES string of the molecule is CC(C)C[C@H](N)c1nc(-c2ncn[nH]2)no1. The van der Waals surface area contributed by atoms with Gasteiger partial charge in [0.2, 0.25) is 11.7 Å². The fourth-order valence-corrected chi connectivity index (χ4v) is 1.40. The highest BCUT2D eigenvalue weighted by Crippen LogP contribution is 2.19. The molecule has 0 saturated carbocycles. The molecule has 0 bridgehead atoms. The van der Waals surface area contributed by atoms with Crippen molar-refractivity contribution in [3.05, 3.63) is 12.2 Å². The molecule has 0 aliphatic heterocycles. The van der Waals surface area contributed by atoms with Gasteiger partial charge in [0, 0.05) is 0 Å². The minimum atomic E-state index is -0.232. The summed E-state index contributed by atoms with van der Waals surface area (Å²) < 4.78 is 5.08. The van der Waals surface area contributed by atoms with Crippen molar-refractivity contribution in [3.8, 4) is 11.6 Å². The van der Waals surface area contributed by atoms with E-state index in [1.807, 2.05) is 0 Å². The van der Waals surface area contributed by atoms with Crippen molar-refractivity contribution in [1.29, 1.82) is 0 Å². The standard InChI is InChI=1S/C9H14N6O/c1-5(2)3-6(10)9-13-8(15-16-9)7-11-4-12-14-7/h4-6H,3,10H2,1-2H3,(H,11,12,14)/t6-/m0/s1. The third kappa shape index (κ3) is 2.25. The van der Waals surface area contributed by atoms with Crippen LogP contribution in [0.25, 0.3) is 11.6 Å². The molecule has 3 N–H and O–H groups in total. The summed E-state index contributed by atoms with van der Waals surface area (Å²) in [7, 11) is 0. The second kappa shape index (κ2) is 4.40. The first-order valence-electron chi connectivity index (χ1n) is 5.11. The van der Waals surface area contributed by atoms with Gasteiger partial charge in [-0.05, 0) is 12.3 Å². The van der Waals surface area contributed by atoms with E-state index in [2.05, 4.69) is 39.2 Å². The summed E-state index contributed by atoms with van der Waals surface area (Å²) in [5.74, 6) is 1.77. The molecule has 2 rings (SSSR count). The second-order valence-electron chi connectivity index (χ2n) is 4.03. The molecule has 0 aromatic carbocycles. The maximum atomic E-state index is 5.92. The number of nitrogens with two attached hydrogens (primary N) is 1. The topological polar surface area (TPSA) is 107 Å². The molecule has 2 aromatic heterocycles. The van der Waals surface area contributed by atoms with Crippen LogP contribution >= 0.6 is 0 Å². The lowest BCUT2D eigenvalue weighted by Crippen LogP contribution is -2.13. The Hall–Kier alpha value is -1.76. The molecule has 0 radical (unpaired) electrons. The normalized spacial score (nSPS) is 13.2. The van der Waals surface area contributed by atoms with Crippen molar-refractivity contribution >= 4 is 0 Å². The van der Waals surface area contributed by atoms with Gasteiger partial charge in [0.05, 0.1) is 6.04 Å². The maximum Gasteiger partial charge on any atom is 0.243 e. The first-order chi connectivity index (χ1) is 7.66. The van der Waals surface area contributed by atoms with Gasteiger partial charge in [-0.15, -0.1) is 0 Å². The fourth-order valence-electron chi connectivity index (χ4n) is 1.40. The molecule has 7 heteroatoms. The third-order valence-corrected chi connectivity index (χ3v) is 2.11. The smallest absolute Gasteiger partial charge is 0.243 e. The van der Waals surface area contributed by atoms with E-state index in [1.165, 1.54) is 6.33 Å². The van der Waals surface area contributed by atoms with Gasteiger partial charge in [-0.1, -0.05) is 19.0 Å². The van der Waals surface area contributed by atoms with Gasteiger partial charge in [0.1, 0.15) is 6.33 Å². The van der Waals surface area contributed by atoms with E-state index >= 15 is 0 Å². The molecular weight excluding hydrogens is 208 g/mol. The zero-order valence-corrected chi connectivity index (χ0v) is 9.21. The Balaban J connectivity index is 2.13. The van der Waals surface area contributed by atoms with Crippen LogP contribution in [-0.2, 0) is 0 Å². The van der Waals surface area contributed by atoms with Crippen LogP contribution in [0.2, 0.25) is 0 Å². The zero-order valence-electron chi connectivity index (χ0n) is 9.21. The molecule has 0 amide bonds. The average Bonchev–Trinajstić information content (AvgIpc) is 2.87. The minimum Gasteiger partial charge on any atom is -0.337 e. The third-order valence-electron chi connectivity index (χ3n) is 2.11. The summed E-state index contributed by atoms with van der Waals surface area (Å²) in [6.45, 7) is 4.18. The first kappa shape index (κ1) is 10.7. The van der Waals surface area contributed by atoms with E-state index in [-0.39, 0.29) is 6.04 Å². The average molecular weight is 222 g/mol. The lowest BCUT2D eigenvalue weighted by Gasteiger charge is -2.08. The van der Waals surface area contributed by atoms with E-state index < -0.39 is 0 Å². The van der Waals surface area contributed by atoms with Crippen LogP contribution in [0, 0.1) is 5.92 Å². The van der Waals surface area contributed by atoms with Crippen molar-refractivity contribution in [3.63, 3.8) is 0 Å². The lowest BCUT2D eigenvalue weighted by molar-refractivity contribution is 0.335. The summed E-state index contributed by atoms with van der Waals surface area (Å²) in [6, 6.07) is -0.232. The van der Waals surface area contributed by atoms with Gasteiger partial charge in [-0.3, -0.25) is 5.10 Å². The van der Waals surface area contributed by atoms with Crippen molar-refractivity contribution < 1.29 is 4.52 Å². The molecule has 1 atom stereocenters. The van der Waals surface area contributed by atoms with E-state index in [0.717, 1.165) is 6.42 Å². The number of nitrogens with one attached hydrogen (secondary N) is 1. The number of H-pyrrole nitrogens is 1. The Morgan fingerprint density at radius 1 is 1.50 bits per heavy atom. The minimum absolute atomic E-state index is 0.232. The molecule has 0 spiro atoms. The van der Waals surface area contributed by atoms with Gasteiger partial charge in [0.25, 0.3) is 0 Å². The van der Waals surface area contributed by atoms with Gasteiger partial charge in [0.15, 0.2) is 5.82 Å². The van der Waals surface area contributed by atoms with Crippen molar-refractivity contribution in [2.24, 2.45) is 11.7 Å². The van der Waals surface area contributed by atoms with Crippen LogP contribution in [0.4, 0.5) is 0 Å². The maximum absolute atomic E-state index is 5.92. The molecule has 86 valence electrons. The van der Waals surface area contributed by atoms with Gasteiger partial charge >= 0.3 is 0 Å². The van der Waals surface area contributed by atoms with E-state index in [1.54, 1.807) is 0 Å². The number of rotatable bonds is 4. The summed E-state index contributed by atoms with van der Waals surface area (Å²) in [5.41, 5.74) is 5.92. The molecule has 0 aliphatic carbocycles. The van der Waals surface area contributed by atoms with Gasteiger partial charge < -0.3 is 10.3 Å². The quantitative estimate of drug-likeness (QED) is 0.795. The number of hydrogen-bond acceptors (Lipinski definition) is 6. The van der Waals surface area contributed by atoms with Crippen molar-refractivity contribution in [2.75, 3.05) is 0 Å². The first-order valence-corrected chi connectivity index (χ1v) is 5.11. The lowest BCUT2D eigenvalue weighted by atomic mass is 10.0. The van der Waals surface area contributed by atoms with E-state index in [4.69, 9.17) is 10.3 Å². The summed E-state index contributed by atoms with van der Waals surface area (Å²) in [4.78, 5) is 8.10. The zero-order chi connectivity index (χ0) is 11.5. The predicted octanol–water partition coefficient (Wildman–Crippen LogP) is 0.901. The molecular formula is C9H14N6O. The number of aromatic nitrogens is 5. The van der Waals surface area contributed by atoms with Crippen LogP contribution in [0.3, 0.4) is 0 Å². The second-order valence-corrected chi connectivity index (χ2v) is 4.03. The van der Waals surface area contributed by atoms with E-state index in [0.29, 0.717) is 23.5 Å². The summed E-state index contributed by atoms with van der Waals surface area (Å²) >= 11 is 0. The number of aromatic amines is 1. The van der Waals surface area contributed by atoms with Gasteiger partial charge in [-0.2, -0.15) is 10.1 Å². The largest absolute Gasteiger partial charge is 0.337 e. The Labute approximate surface area is 92.5 Å². The Morgan fingerprint density at radius 3 is 2.94 bits per heavy atom. The van der Waals surface area contributed by atoms with Crippen LogP contribution in [-0.4, -0.2) is 25.3 Å². The predicted molar refractivity (Wildman–Crippen MR) is 56.1 cm³/mol.